The first kappa shape index (κ1) is 10.6. The highest BCUT2D eigenvalue weighted by Crippen LogP contribution is 2.17. The fourth-order valence-corrected chi connectivity index (χ4v) is 2.59. The molecule has 2 heterocycles. The smallest absolute Gasteiger partial charge is 0.347 e. The van der Waals surface area contributed by atoms with Crippen molar-refractivity contribution in [3.05, 3.63) is 16.1 Å². The predicted octanol–water partition coefficient (Wildman–Crippen LogP) is 1.83. The maximum Gasteiger partial charge on any atom is 0.347 e. The molecule has 1 fully saturated rings. The minimum absolute atomic E-state index is 0.335. The molecule has 1 aliphatic heterocycles. The number of aromatic carboxylic acids is 1. The molecule has 0 aromatic carbocycles. The molecule has 2 rings (SSSR count). The highest BCUT2D eigenvalue weighted by atomic mass is 32.1. The molecule has 82 valence electrons. The van der Waals surface area contributed by atoms with Gasteiger partial charge in [-0.1, -0.05) is 6.42 Å². The molecule has 1 saturated heterocycles. The molecule has 1 N–H and O–H groups in total. The van der Waals surface area contributed by atoms with E-state index in [1.165, 1.54) is 36.8 Å². The van der Waals surface area contributed by atoms with Gasteiger partial charge in [-0.05, 0) is 25.9 Å². The summed E-state index contributed by atoms with van der Waals surface area (Å²) in [6.45, 7) is 3.03. The Kier molecular flexibility index (Phi) is 3.33. The largest absolute Gasteiger partial charge is 0.477 e. The first-order chi connectivity index (χ1) is 7.25. The van der Waals surface area contributed by atoms with Gasteiger partial charge in [-0.3, -0.25) is 4.90 Å². The van der Waals surface area contributed by atoms with Crippen molar-refractivity contribution in [3.8, 4) is 0 Å². The molecule has 0 amide bonds. The molecule has 0 atom stereocenters. The van der Waals surface area contributed by atoms with Crippen LogP contribution in [0.25, 0.3) is 0 Å². The van der Waals surface area contributed by atoms with E-state index in [1.54, 1.807) is 0 Å². The van der Waals surface area contributed by atoms with E-state index in [2.05, 4.69) is 9.88 Å². The van der Waals surface area contributed by atoms with Gasteiger partial charge >= 0.3 is 5.97 Å². The van der Waals surface area contributed by atoms with E-state index in [4.69, 9.17) is 5.11 Å². The number of nitrogens with zero attached hydrogens (tertiary/aromatic N) is 2. The Morgan fingerprint density at radius 2 is 2.20 bits per heavy atom. The summed E-state index contributed by atoms with van der Waals surface area (Å²) in [5.74, 6) is -0.877. The van der Waals surface area contributed by atoms with Crippen molar-refractivity contribution in [2.75, 3.05) is 13.1 Å². The van der Waals surface area contributed by atoms with Crippen LogP contribution < -0.4 is 0 Å². The number of hydrogen-bond donors (Lipinski definition) is 1. The molecule has 15 heavy (non-hydrogen) atoms. The van der Waals surface area contributed by atoms with Crippen molar-refractivity contribution >= 4 is 17.3 Å². The quantitative estimate of drug-likeness (QED) is 0.854. The summed E-state index contributed by atoms with van der Waals surface area (Å²) in [5, 5.41) is 9.67. The highest BCUT2D eigenvalue weighted by Gasteiger charge is 2.14. The second-order valence-electron chi connectivity index (χ2n) is 3.76. The van der Waals surface area contributed by atoms with Crippen LogP contribution >= 0.6 is 11.3 Å². The van der Waals surface area contributed by atoms with Crippen LogP contribution in [-0.4, -0.2) is 34.0 Å². The van der Waals surface area contributed by atoms with Crippen LogP contribution in [0.4, 0.5) is 0 Å². The number of carboxylic acid groups (broad SMARTS) is 1. The summed E-state index contributed by atoms with van der Waals surface area (Å²) in [6, 6.07) is 0. The number of likely N-dealkylation sites (tertiary alicyclic amines) is 1. The van der Waals surface area contributed by atoms with Gasteiger partial charge in [0.2, 0.25) is 0 Å². The van der Waals surface area contributed by atoms with Gasteiger partial charge < -0.3 is 5.11 Å². The average molecular weight is 226 g/mol. The Hall–Kier alpha value is -0.940. The second-order valence-corrected chi connectivity index (χ2v) is 4.88. The third-order valence-electron chi connectivity index (χ3n) is 2.57. The summed E-state index contributed by atoms with van der Waals surface area (Å²) in [6.07, 6.45) is 5.26. The number of aromatic nitrogens is 1. The number of thiazole rings is 1. The Labute approximate surface area is 92.6 Å². The van der Waals surface area contributed by atoms with Crippen molar-refractivity contribution in [2.24, 2.45) is 0 Å². The molecule has 0 bridgehead atoms. The summed E-state index contributed by atoms with van der Waals surface area (Å²) < 4.78 is 0. The monoisotopic (exact) mass is 226 g/mol. The average Bonchev–Trinajstić information content (AvgIpc) is 2.68. The molecule has 0 spiro atoms. The van der Waals surface area contributed by atoms with Crippen molar-refractivity contribution < 1.29 is 9.90 Å². The van der Waals surface area contributed by atoms with E-state index < -0.39 is 5.97 Å². The Balaban J connectivity index is 1.94. The minimum Gasteiger partial charge on any atom is -0.477 e. The van der Waals surface area contributed by atoms with E-state index in [9.17, 15) is 4.79 Å². The Morgan fingerprint density at radius 1 is 1.47 bits per heavy atom. The Bertz CT molecular complexity index is 345. The summed E-state index contributed by atoms with van der Waals surface area (Å²) >= 11 is 1.28. The molecular weight excluding hydrogens is 212 g/mol. The second kappa shape index (κ2) is 4.72. The van der Waals surface area contributed by atoms with Crippen molar-refractivity contribution in [1.82, 2.24) is 9.88 Å². The van der Waals surface area contributed by atoms with Gasteiger partial charge in [0.15, 0.2) is 0 Å². The topological polar surface area (TPSA) is 53.4 Å². The molecule has 0 unspecified atom stereocenters. The lowest BCUT2D eigenvalue weighted by Crippen LogP contribution is -2.28. The molecule has 5 heteroatoms. The Morgan fingerprint density at radius 3 is 2.80 bits per heavy atom. The number of piperidine rings is 1. The minimum atomic E-state index is -0.877. The standard InChI is InChI=1S/C10H14N2O2S/c13-10(14)8-6-11-9(15-8)7-12-4-2-1-3-5-12/h6H,1-5,7H2,(H,13,14). The van der Waals surface area contributed by atoms with Crippen LogP contribution in [0.5, 0.6) is 0 Å². The van der Waals surface area contributed by atoms with Gasteiger partial charge in [0, 0.05) is 0 Å². The maximum absolute atomic E-state index is 10.7. The lowest BCUT2D eigenvalue weighted by molar-refractivity contribution is 0.0702. The molecule has 1 aliphatic rings. The van der Waals surface area contributed by atoms with Crippen molar-refractivity contribution in [3.63, 3.8) is 0 Å². The fraction of sp³-hybridized carbons (Fsp3) is 0.600. The molecule has 0 aliphatic carbocycles. The maximum atomic E-state index is 10.7. The molecule has 0 radical (unpaired) electrons. The summed E-state index contributed by atoms with van der Waals surface area (Å²) in [7, 11) is 0. The number of hydrogen-bond acceptors (Lipinski definition) is 4. The van der Waals surface area contributed by atoms with E-state index in [1.807, 2.05) is 0 Å². The van der Waals surface area contributed by atoms with E-state index in [0.29, 0.717) is 4.88 Å². The zero-order valence-corrected chi connectivity index (χ0v) is 9.29. The molecule has 1 aromatic rings. The van der Waals surface area contributed by atoms with Crippen molar-refractivity contribution in [2.45, 2.75) is 25.8 Å². The van der Waals surface area contributed by atoms with Crippen LogP contribution in [0.1, 0.15) is 33.9 Å². The van der Waals surface area contributed by atoms with Gasteiger partial charge in [-0.2, -0.15) is 0 Å². The van der Waals surface area contributed by atoms with Gasteiger partial charge in [0.1, 0.15) is 9.88 Å². The first-order valence-corrected chi connectivity index (χ1v) is 5.98. The summed E-state index contributed by atoms with van der Waals surface area (Å²) in [5.41, 5.74) is 0. The van der Waals surface area contributed by atoms with Gasteiger partial charge in [-0.25, -0.2) is 9.78 Å². The van der Waals surface area contributed by atoms with Crippen LogP contribution in [0.2, 0.25) is 0 Å². The fourth-order valence-electron chi connectivity index (χ4n) is 1.79. The highest BCUT2D eigenvalue weighted by molar-refractivity contribution is 7.13. The molecule has 1 aromatic heterocycles. The van der Waals surface area contributed by atoms with Gasteiger partial charge in [0.25, 0.3) is 0 Å². The number of rotatable bonds is 3. The SMILES string of the molecule is O=C(O)c1cnc(CN2CCCCC2)s1. The van der Waals surface area contributed by atoms with Crippen LogP contribution in [0.15, 0.2) is 6.20 Å². The first-order valence-electron chi connectivity index (χ1n) is 5.16. The molecule has 0 saturated carbocycles. The van der Waals surface area contributed by atoms with Crippen LogP contribution in [0, 0.1) is 0 Å². The normalized spacial score (nSPS) is 17.9. The van der Waals surface area contributed by atoms with Gasteiger partial charge in [0.05, 0.1) is 12.7 Å². The third kappa shape index (κ3) is 2.76. The molecular formula is C10H14N2O2S. The van der Waals surface area contributed by atoms with E-state index in [-0.39, 0.29) is 0 Å². The predicted molar refractivity (Wildman–Crippen MR) is 58.2 cm³/mol. The van der Waals surface area contributed by atoms with E-state index in [0.717, 1.165) is 24.6 Å². The van der Waals surface area contributed by atoms with Crippen molar-refractivity contribution in [1.29, 1.82) is 0 Å². The summed E-state index contributed by atoms with van der Waals surface area (Å²) in [4.78, 5) is 17.5. The van der Waals surface area contributed by atoms with Crippen LogP contribution in [-0.2, 0) is 6.54 Å². The lowest BCUT2D eigenvalue weighted by Gasteiger charge is -2.25. The number of carboxylic acids is 1. The molecule has 4 nitrogen and oxygen atoms in total. The van der Waals surface area contributed by atoms with Crippen LogP contribution in [0.3, 0.4) is 0 Å². The number of carbonyl (C=O) groups is 1. The lowest BCUT2D eigenvalue weighted by atomic mass is 10.1. The zero-order chi connectivity index (χ0) is 10.7. The van der Waals surface area contributed by atoms with Gasteiger partial charge in [-0.15, -0.1) is 11.3 Å². The van der Waals surface area contributed by atoms with E-state index >= 15 is 0 Å². The zero-order valence-electron chi connectivity index (χ0n) is 8.48. The third-order valence-corrected chi connectivity index (χ3v) is 3.54.